The Bertz CT molecular complexity index is 640. The van der Waals surface area contributed by atoms with Crippen LogP contribution in [0.25, 0.3) is 10.8 Å². The van der Waals surface area contributed by atoms with E-state index >= 15 is 0 Å². The highest BCUT2D eigenvalue weighted by Gasteiger charge is 2.28. The number of aromatic nitrogens is 3. The van der Waals surface area contributed by atoms with Crippen molar-refractivity contribution in [1.29, 1.82) is 0 Å². The highest BCUT2D eigenvalue weighted by molar-refractivity contribution is 7.17. The van der Waals surface area contributed by atoms with Crippen LogP contribution in [0.1, 0.15) is 35.1 Å². The maximum absolute atomic E-state index is 12.6. The topological polar surface area (TPSA) is 59.0 Å². The molecule has 1 atom stereocenters. The van der Waals surface area contributed by atoms with E-state index in [0.717, 1.165) is 31.6 Å². The van der Waals surface area contributed by atoms with Gasteiger partial charge in [-0.2, -0.15) is 0 Å². The maximum atomic E-state index is 12.6. The summed E-state index contributed by atoms with van der Waals surface area (Å²) in [7, 11) is 0. The van der Waals surface area contributed by atoms with Crippen molar-refractivity contribution >= 4 is 17.2 Å². The zero-order chi connectivity index (χ0) is 14.8. The number of hydrogen-bond acceptors (Lipinski definition) is 5. The summed E-state index contributed by atoms with van der Waals surface area (Å²) >= 11 is 1.39. The third-order valence-corrected chi connectivity index (χ3v) is 5.04. The molecule has 2 aromatic rings. The molecule has 1 unspecified atom stereocenters. The van der Waals surface area contributed by atoms with Gasteiger partial charge < -0.3 is 4.90 Å². The van der Waals surface area contributed by atoms with Crippen LogP contribution >= 0.6 is 11.3 Å². The van der Waals surface area contributed by atoms with Crippen LogP contribution in [0.5, 0.6) is 0 Å². The Balaban J connectivity index is 1.83. The predicted octanol–water partition coefficient (Wildman–Crippen LogP) is 2.78. The summed E-state index contributed by atoms with van der Waals surface area (Å²) in [6.45, 7) is 5.78. The first-order valence-electron chi connectivity index (χ1n) is 7.23. The molecule has 6 heteroatoms. The van der Waals surface area contributed by atoms with E-state index < -0.39 is 0 Å². The van der Waals surface area contributed by atoms with E-state index in [1.54, 1.807) is 18.5 Å². The molecule has 5 nitrogen and oxygen atoms in total. The highest BCUT2D eigenvalue weighted by atomic mass is 32.1. The van der Waals surface area contributed by atoms with Gasteiger partial charge in [0.15, 0.2) is 10.8 Å². The Morgan fingerprint density at radius 1 is 1.43 bits per heavy atom. The van der Waals surface area contributed by atoms with Gasteiger partial charge in [-0.3, -0.25) is 4.79 Å². The molecular weight excluding hydrogens is 284 g/mol. The molecule has 3 rings (SSSR count). The van der Waals surface area contributed by atoms with Crippen LogP contribution in [0, 0.1) is 12.8 Å². The van der Waals surface area contributed by atoms with Crippen molar-refractivity contribution in [1.82, 2.24) is 19.9 Å². The van der Waals surface area contributed by atoms with E-state index in [1.807, 2.05) is 11.8 Å². The second-order valence-corrected chi connectivity index (χ2v) is 6.32. The zero-order valence-corrected chi connectivity index (χ0v) is 13.1. The van der Waals surface area contributed by atoms with Crippen LogP contribution in [0.2, 0.25) is 0 Å². The van der Waals surface area contributed by atoms with Gasteiger partial charge in [-0.15, -0.1) is 11.3 Å². The molecule has 0 radical (unpaired) electrons. The van der Waals surface area contributed by atoms with Crippen LogP contribution in [-0.2, 0) is 0 Å². The van der Waals surface area contributed by atoms with Gasteiger partial charge in [-0.1, -0.05) is 13.3 Å². The Kier molecular flexibility index (Phi) is 3.96. The summed E-state index contributed by atoms with van der Waals surface area (Å²) in [6.07, 6.45) is 5.61. The Morgan fingerprint density at radius 3 is 2.86 bits per heavy atom. The molecular formula is C15H18N4OS. The summed E-state index contributed by atoms with van der Waals surface area (Å²) < 4.78 is 0. The quantitative estimate of drug-likeness (QED) is 0.874. The largest absolute Gasteiger partial charge is 0.338 e. The van der Waals surface area contributed by atoms with Crippen LogP contribution in [0.3, 0.4) is 0 Å². The fourth-order valence-corrected chi connectivity index (χ4v) is 3.58. The Hall–Kier alpha value is -1.82. The van der Waals surface area contributed by atoms with E-state index in [0.29, 0.717) is 21.6 Å². The van der Waals surface area contributed by atoms with Crippen molar-refractivity contribution in [2.75, 3.05) is 13.1 Å². The van der Waals surface area contributed by atoms with E-state index in [1.165, 1.54) is 11.3 Å². The molecule has 0 saturated carbocycles. The molecule has 1 aliphatic rings. The van der Waals surface area contributed by atoms with Crippen molar-refractivity contribution in [3.05, 3.63) is 29.0 Å². The van der Waals surface area contributed by atoms with Gasteiger partial charge in [-0.25, -0.2) is 15.0 Å². The lowest BCUT2D eigenvalue weighted by atomic mass is 10.1. The van der Waals surface area contributed by atoms with Crippen LogP contribution in [-0.4, -0.2) is 38.8 Å². The van der Waals surface area contributed by atoms with Gasteiger partial charge in [0.25, 0.3) is 5.91 Å². The van der Waals surface area contributed by atoms with Crippen molar-refractivity contribution in [3.63, 3.8) is 0 Å². The molecule has 2 aromatic heterocycles. The van der Waals surface area contributed by atoms with Crippen molar-refractivity contribution in [2.45, 2.75) is 26.7 Å². The first-order chi connectivity index (χ1) is 10.2. The van der Waals surface area contributed by atoms with E-state index in [-0.39, 0.29) is 5.91 Å². The van der Waals surface area contributed by atoms with Crippen LogP contribution in [0.15, 0.2) is 18.5 Å². The maximum Gasteiger partial charge on any atom is 0.265 e. The van der Waals surface area contributed by atoms with E-state index in [4.69, 9.17) is 0 Å². The van der Waals surface area contributed by atoms with Gasteiger partial charge in [0.2, 0.25) is 0 Å². The molecule has 0 bridgehead atoms. The number of carbonyl (C=O) groups excluding carboxylic acids is 1. The fourth-order valence-electron chi connectivity index (χ4n) is 2.59. The molecule has 0 aliphatic carbocycles. The van der Waals surface area contributed by atoms with E-state index in [9.17, 15) is 4.79 Å². The monoisotopic (exact) mass is 302 g/mol. The first-order valence-corrected chi connectivity index (χ1v) is 8.04. The third kappa shape index (κ3) is 2.81. The lowest BCUT2D eigenvalue weighted by Gasteiger charge is -2.15. The third-order valence-electron chi connectivity index (χ3n) is 3.90. The molecule has 1 fully saturated rings. The van der Waals surface area contributed by atoms with E-state index in [2.05, 4.69) is 21.9 Å². The lowest BCUT2D eigenvalue weighted by molar-refractivity contribution is 0.0791. The van der Waals surface area contributed by atoms with Crippen LogP contribution < -0.4 is 0 Å². The molecule has 110 valence electrons. The second kappa shape index (κ2) is 5.89. The lowest BCUT2D eigenvalue weighted by Crippen LogP contribution is -2.28. The first kappa shape index (κ1) is 14.1. The minimum atomic E-state index is 0.100. The average molecular weight is 302 g/mol. The molecule has 21 heavy (non-hydrogen) atoms. The Labute approximate surface area is 128 Å². The minimum Gasteiger partial charge on any atom is -0.338 e. The summed E-state index contributed by atoms with van der Waals surface area (Å²) in [5.41, 5.74) is 0.771. The predicted molar refractivity (Wildman–Crippen MR) is 82.2 cm³/mol. The Morgan fingerprint density at radius 2 is 2.19 bits per heavy atom. The summed E-state index contributed by atoms with van der Waals surface area (Å²) in [6, 6.07) is 1.77. The molecule has 1 saturated heterocycles. The SMILES string of the molecule is CCC1CCN(C(=O)c2sc(-c3ncccn3)nc2C)C1. The number of carbonyl (C=O) groups is 1. The molecule has 0 aromatic carbocycles. The number of likely N-dealkylation sites (tertiary alicyclic amines) is 1. The summed E-state index contributed by atoms with van der Waals surface area (Å²) in [4.78, 5) is 28.1. The number of thiazole rings is 1. The smallest absolute Gasteiger partial charge is 0.265 e. The standard InChI is InChI=1S/C15H18N4OS/c1-3-11-5-8-19(9-11)15(20)12-10(2)18-14(21-12)13-16-6-4-7-17-13/h4,6-7,11H,3,5,8-9H2,1-2H3. The van der Waals surface area contributed by atoms with Gasteiger partial charge in [0.05, 0.1) is 5.69 Å². The summed E-state index contributed by atoms with van der Waals surface area (Å²) in [5.74, 6) is 1.32. The number of hydrogen-bond donors (Lipinski definition) is 0. The number of nitrogens with zero attached hydrogens (tertiary/aromatic N) is 4. The highest BCUT2D eigenvalue weighted by Crippen LogP contribution is 2.28. The number of aryl methyl sites for hydroxylation is 1. The van der Waals surface area contributed by atoms with Crippen molar-refractivity contribution in [3.8, 4) is 10.8 Å². The van der Waals surface area contributed by atoms with Gasteiger partial charge in [-0.05, 0) is 25.3 Å². The van der Waals surface area contributed by atoms with Crippen molar-refractivity contribution < 1.29 is 4.79 Å². The zero-order valence-electron chi connectivity index (χ0n) is 12.2. The second-order valence-electron chi connectivity index (χ2n) is 5.32. The van der Waals surface area contributed by atoms with Gasteiger partial charge in [0.1, 0.15) is 4.88 Å². The fraction of sp³-hybridized carbons (Fsp3) is 0.467. The van der Waals surface area contributed by atoms with Crippen LogP contribution in [0.4, 0.5) is 0 Å². The molecule has 0 N–H and O–H groups in total. The minimum absolute atomic E-state index is 0.100. The number of rotatable bonds is 3. The average Bonchev–Trinajstić information content (AvgIpc) is 3.14. The van der Waals surface area contributed by atoms with Gasteiger partial charge in [0, 0.05) is 25.5 Å². The molecule has 0 spiro atoms. The molecule has 3 heterocycles. The summed E-state index contributed by atoms with van der Waals surface area (Å²) in [5, 5.41) is 0.711. The van der Waals surface area contributed by atoms with Gasteiger partial charge >= 0.3 is 0 Å². The molecule has 1 aliphatic heterocycles. The molecule has 1 amide bonds. The normalized spacial score (nSPS) is 18.2. The van der Waals surface area contributed by atoms with Crippen molar-refractivity contribution in [2.24, 2.45) is 5.92 Å². The number of amides is 1.